The summed E-state index contributed by atoms with van der Waals surface area (Å²) in [5.41, 5.74) is 2.36. The van der Waals surface area contributed by atoms with Crippen LogP contribution in [0.2, 0.25) is 0 Å². The third-order valence-corrected chi connectivity index (χ3v) is 2.81. The quantitative estimate of drug-likeness (QED) is 0.903. The van der Waals surface area contributed by atoms with Gasteiger partial charge in [-0.15, -0.1) is 0 Å². The lowest BCUT2D eigenvalue weighted by Gasteiger charge is -2.10. The second-order valence-electron chi connectivity index (χ2n) is 3.97. The van der Waals surface area contributed by atoms with E-state index in [0.29, 0.717) is 5.56 Å². The van der Waals surface area contributed by atoms with Crippen molar-refractivity contribution in [3.8, 4) is 22.6 Å². The van der Waals surface area contributed by atoms with Gasteiger partial charge in [0, 0.05) is 22.9 Å². The summed E-state index contributed by atoms with van der Waals surface area (Å²) in [7, 11) is 3.23. The number of hydrogen-bond acceptors (Lipinski definition) is 3. The minimum Gasteiger partial charge on any atom is -0.497 e. The van der Waals surface area contributed by atoms with Crippen molar-refractivity contribution in [2.24, 2.45) is 0 Å². The Morgan fingerprint density at radius 1 is 1.11 bits per heavy atom. The third kappa shape index (κ3) is 2.22. The number of aryl methyl sites for hydroxylation is 1. The van der Waals surface area contributed by atoms with E-state index in [1.807, 2.05) is 24.3 Å². The number of aromatic amines is 1. The van der Waals surface area contributed by atoms with Gasteiger partial charge < -0.3 is 14.5 Å². The van der Waals surface area contributed by atoms with Crippen LogP contribution in [0.25, 0.3) is 11.1 Å². The number of hydrogen-bond donors (Lipinski definition) is 1. The normalized spacial score (nSPS) is 10.2. The summed E-state index contributed by atoms with van der Waals surface area (Å²) in [6.45, 7) is 1.77. The molecular formula is C14H15NO3. The molecule has 0 unspecified atom stereocenters. The predicted octanol–water partition coefficient (Wildman–Crippen LogP) is 2.37. The topological polar surface area (TPSA) is 51.3 Å². The Morgan fingerprint density at radius 3 is 2.50 bits per heavy atom. The number of benzene rings is 1. The van der Waals surface area contributed by atoms with Gasteiger partial charge in [-0.1, -0.05) is 0 Å². The van der Waals surface area contributed by atoms with E-state index in [0.717, 1.165) is 22.6 Å². The molecule has 0 amide bonds. The molecule has 0 fully saturated rings. The van der Waals surface area contributed by atoms with Gasteiger partial charge in [0.15, 0.2) is 0 Å². The van der Waals surface area contributed by atoms with Crippen LogP contribution in [0.15, 0.2) is 35.3 Å². The maximum Gasteiger partial charge on any atom is 0.250 e. The molecule has 1 aromatic heterocycles. The zero-order valence-corrected chi connectivity index (χ0v) is 10.6. The van der Waals surface area contributed by atoms with E-state index >= 15 is 0 Å². The minimum absolute atomic E-state index is 0.0828. The van der Waals surface area contributed by atoms with E-state index in [9.17, 15) is 4.79 Å². The first-order chi connectivity index (χ1) is 8.65. The highest BCUT2D eigenvalue weighted by Crippen LogP contribution is 2.32. The maximum absolute atomic E-state index is 11.4. The third-order valence-electron chi connectivity index (χ3n) is 2.81. The average Bonchev–Trinajstić information content (AvgIpc) is 2.41. The molecule has 0 radical (unpaired) electrons. The molecule has 94 valence electrons. The predicted molar refractivity (Wildman–Crippen MR) is 70.3 cm³/mol. The maximum atomic E-state index is 11.4. The number of H-pyrrole nitrogens is 1. The minimum atomic E-state index is -0.0828. The number of pyridine rings is 1. The van der Waals surface area contributed by atoms with Gasteiger partial charge in [0.2, 0.25) is 0 Å². The summed E-state index contributed by atoms with van der Waals surface area (Å²) < 4.78 is 10.5. The summed E-state index contributed by atoms with van der Waals surface area (Å²) in [5, 5.41) is 0. The fraction of sp³-hybridized carbons (Fsp3) is 0.214. The van der Waals surface area contributed by atoms with E-state index in [4.69, 9.17) is 9.47 Å². The van der Waals surface area contributed by atoms with E-state index in [2.05, 4.69) is 4.98 Å². The van der Waals surface area contributed by atoms with Crippen molar-refractivity contribution >= 4 is 0 Å². The Morgan fingerprint density at radius 2 is 1.89 bits per heavy atom. The van der Waals surface area contributed by atoms with Crippen molar-refractivity contribution in [2.75, 3.05) is 14.2 Å². The fourth-order valence-electron chi connectivity index (χ4n) is 1.79. The van der Waals surface area contributed by atoms with Crippen LogP contribution in [0.3, 0.4) is 0 Å². The van der Waals surface area contributed by atoms with E-state index in [1.54, 1.807) is 27.3 Å². The molecule has 2 aromatic rings. The first kappa shape index (κ1) is 12.2. The zero-order valence-electron chi connectivity index (χ0n) is 10.6. The Labute approximate surface area is 105 Å². The van der Waals surface area contributed by atoms with Crippen LogP contribution in [0.5, 0.6) is 11.5 Å². The molecule has 18 heavy (non-hydrogen) atoms. The lowest BCUT2D eigenvalue weighted by Crippen LogP contribution is -2.08. The largest absolute Gasteiger partial charge is 0.497 e. The summed E-state index contributed by atoms with van der Waals surface area (Å²) in [5.74, 6) is 1.48. The van der Waals surface area contributed by atoms with Crippen LogP contribution in [-0.2, 0) is 0 Å². The SMILES string of the molecule is COc1ccc(OC)c(-c2c[nH]c(=O)c(C)c2)c1. The summed E-state index contributed by atoms with van der Waals surface area (Å²) in [4.78, 5) is 14.1. The molecule has 1 aromatic carbocycles. The van der Waals surface area contributed by atoms with Crippen LogP contribution >= 0.6 is 0 Å². The highest BCUT2D eigenvalue weighted by Gasteiger charge is 2.08. The van der Waals surface area contributed by atoms with Crippen LogP contribution in [0.1, 0.15) is 5.56 Å². The van der Waals surface area contributed by atoms with Crippen molar-refractivity contribution in [3.63, 3.8) is 0 Å². The average molecular weight is 245 g/mol. The molecular weight excluding hydrogens is 230 g/mol. The molecule has 0 saturated carbocycles. The Balaban J connectivity index is 2.60. The molecule has 0 saturated heterocycles. The van der Waals surface area contributed by atoms with Crippen LogP contribution < -0.4 is 15.0 Å². The second kappa shape index (κ2) is 4.96. The second-order valence-corrected chi connectivity index (χ2v) is 3.97. The van der Waals surface area contributed by atoms with Crippen molar-refractivity contribution in [1.29, 1.82) is 0 Å². The van der Waals surface area contributed by atoms with Crippen LogP contribution in [0.4, 0.5) is 0 Å². The Kier molecular flexibility index (Phi) is 3.37. The molecule has 0 aliphatic carbocycles. The molecule has 0 atom stereocenters. The van der Waals surface area contributed by atoms with Gasteiger partial charge >= 0.3 is 0 Å². The summed E-state index contributed by atoms with van der Waals surface area (Å²) in [6, 6.07) is 7.39. The Hall–Kier alpha value is -2.23. The van der Waals surface area contributed by atoms with Crippen molar-refractivity contribution in [2.45, 2.75) is 6.92 Å². The lowest BCUT2D eigenvalue weighted by atomic mass is 10.0. The van der Waals surface area contributed by atoms with Gasteiger partial charge in [-0.05, 0) is 31.2 Å². The van der Waals surface area contributed by atoms with Crippen molar-refractivity contribution in [1.82, 2.24) is 4.98 Å². The smallest absolute Gasteiger partial charge is 0.250 e. The number of aromatic nitrogens is 1. The van der Waals surface area contributed by atoms with Gasteiger partial charge in [0.1, 0.15) is 11.5 Å². The van der Waals surface area contributed by atoms with Crippen molar-refractivity contribution < 1.29 is 9.47 Å². The lowest BCUT2D eigenvalue weighted by molar-refractivity contribution is 0.404. The molecule has 1 heterocycles. The van der Waals surface area contributed by atoms with Crippen LogP contribution in [-0.4, -0.2) is 19.2 Å². The number of rotatable bonds is 3. The molecule has 0 spiro atoms. The van der Waals surface area contributed by atoms with Gasteiger partial charge in [-0.3, -0.25) is 4.79 Å². The standard InChI is InChI=1S/C14H15NO3/c1-9-6-10(8-15-14(9)16)12-7-11(17-2)4-5-13(12)18-3/h4-8H,1-3H3,(H,15,16). The number of methoxy groups -OCH3 is 2. The summed E-state index contributed by atoms with van der Waals surface area (Å²) in [6.07, 6.45) is 1.67. The zero-order chi connectivity index (χ0) is 13.1. The highest BCUT2D eigenvalue weighted by molar-refractivity contribution is 5.71. The van der Waals surface area contributed by atoms with E-state index in [1.165, 1.54) is 0 Å². The van der Waals surface area contributed by atoms with Gasteiger partial charge in [-0.25, -0.2) is 0 Å². The Bertz CT molecular complexity index is 617. The van der Waals surface area contributed by atoms with Crippen molar-refractivity contribution in [3.05, 3.63) is 46.4 Å². The molecule has 0 bridgehead atoms. The first-order valence-electron chi connectivity index (χ1n) is 5.57. The molecule has 0 aliphatic rings. The molecule has 1 N–H and O–H groups in total. The van der Waals surface area contributed by atoms with Gasteiger partial charge in [0.05, 0.1) is 14.2 Å². The molecule has 0 aliphatic heterocycles. The van der Waals surface area contributed by atoms with E-state index < -0.39 is 0 Å². The number of nitrogens with one attached hydrogen (secondary N) is 1. The van der Waals surface area contributed by atoms with Gasteiger partial charge in [0.25, 0.3) is 5.56 Å². The van der Waals surface area contributed by atoms with Gasteiger partial charge in [-0.2, -0.15) is 0 Å². The molecule has 4 heteroatoms. The molecule has 2 rings (SSSR count). The monoisotopic (exact) mass is 245 g/mol. The first-order valence-corrected chi connectivity index (χ1v) is 5.57. The van der Waals surface area contributed by atoms with E-state index in [-0.39, 0.29) is 5.56 Å². The fourth-order valence-corrected chi connectivity index (χ4v) is 1.79. The summed E-state index contributed by atoms with van der Waals surface area (Å²) >= 11 is 0. The van der Waals surface area contributed by atoms with Crippen LogP contribution in [0, 0.1) is 6.92 Å². The molecule has 4 nitrogen and oxygen atoms in total. The highest BCUT2D eigenvalue weighted by atomic mass is 16.5. The number of ether oxygens (including phenoxy) is 2.